The summed E-state index contributed by atoms with van der Waals surface area (Å²) >= 11 is 0. The molecule has 0 aliphatic carbocycles. The molecule has 1 unspecified atom stereocenters. The highest BCUT2D eigenvalue weighted by atomic mass is 16.5. The Kier molecular flexibility index (Phi) is 3.94. The monoisotopic (exact) mass is 249 g/mol. The second-order valence-electron chi connectivity index (χ2n) is 4.12. The minimum Gasteiger partial charge on any atom is -0.465 e. The number of rotatable bonds is 3. The lowest BCUT2D eigenvalue weighted by molar-refractivity contribution is -0.119. The number of nitrogens with one attached hydrogen (secondary N) is 1. The molecule has 0 aromatic heterocycles. The molecule has 0 radical (unpaired) electrons. The highest BCUT2D eigenvalue weighted by Crippen LogP contribution is 2.16. The van der Waals surface area contributed by atoms with Gasteiger partial charge in [0, 0.05) is 12.3 Å². The van der Waals surface area contributed by atoms with Crippen LogP contribution in [0, 0.1) is 5.92 Å². The molecule has 1 aliphatic heterocycles. The van der Waals surface area contributed by atoms with E-state index in [0.29, 0.717) is 24.5 Å². The van der Waals surface area contributed by atoms with Crippen molar-refractivity contribution in [2.75, 3.05) is 25.6 Å². The molecular weight excluding hydrogens is 234 g/mol. The molecule has 5 nitrogen and oxygen atoms in total. The zero-order chi connectivity index (χ0) is 13.0. The van der Waals surface area contributed by atoms with E-state index in [-0.39, 0.29) is 11.8 Å². The van der Waals surface area contributed by atoms with Gasteiger partial charge in [0.2, 0.25) is 5.91 Å². The van der Waals surface area contributed by atoms with Crippen LogP contribution in [0.25, 0.3) is 0 Å². The quantitative estimate of drug-likeness (QED) is 0.823. The summed E-state index contributed by atoms with van der Waals surface area (Å²) in [6, 6.07) is 6.60. The van der Waals surface area contributed by atoms with Gasteiger partial charge in [0.15, 0.2) is 0 Å². The first kappa shape index (κ1) is 12.6. The van der Waals surface area contributed by atoms with E-state index in [1.165, 1.54) is 7.11 Å². The number of ether oxygens (including phenoxy) is 2. The van der Waals surface area contributed by atoms with E-state index in [0.717, 1.165) is 6.42 Å². The molecule has 18 heavy (non-hydrogen) atoms. The second kappa shape index (κ2) is 5.64. The number of anilines is 1. The van der Waals surface area contributed by atoms with Gasteiger partial charge in [-0.25, -0.2) is 4.79 Å². The Morgan fingerprint density at radius 1 is 1.33 bits per heavy atom. The van der Waals surface area contributed by atoms with Gasteiger partial charge in [0.1, 0.15) is 0 Å². The third kappa shape index (κ3) is 2.87. The summed E-state index contributed by atoms with van der Waals surface area (Å²) in [4.78, 5) is 23.0. The first-order valence-corrected chi connectivity index (χ1v) is 5.77. The third-order valence-corrected chi connectivity index (χ3v) is 2.87. The molecular formula is C13H15NO4. The van der Waals surface area contributed by atoms with Crippen molar-refractivity contribution in [3.63, 3.8) is 0 Å². The fourth-order valence-electron chi connectivity index (χ4n) is 1.79. The zero-order valence-electron chi connectivity index (χ0n) is 10.1. The zero-order valence-corrected chi connectivity index (χ0v) is 10.1. The Morgan fingerprint density at radius 2 is 2.06 bits per heavy atom. The lowest BCUT2D eigenvalue weighted by atomic mass is 10.1. The molecule has 1 fully saturated rings. The fraction of sp³-hybridized carbons (Fsp3) is 0.385. The maximum atomic E-state index is 11.8. The Morgan fingerprint density at radius 3 is 2.61 bits per heavy atom. The molecule has 1 amide bonds. The largest absolute Gasteiger partial charge is 0.465 e. The van der Waals surface area contributed by atoms with Crippen molar-refractivity contribution >= 4 is 17.6 Å². The molecule has 1 saturated heterocycles. The van der Waals surface area contributed by atoms with Gasteiger partial charge in [0.25, 0.3) is 0 Å². The standard InChI is InChI=1S/C13H15NO4/c1-17-13(16)9-2-4-11(5-3-9)14-12(15)10-6-7-18-8-10/h2-5,10H,6-8H2,1H3,(H,14,15). The van der Waals surface area contributed by atoms with E-state index in [1.807, 2.05) is 0 Å². The summed E-state index contributed by atoms with van der Waals surface area (Å²) in [6.45, 7) is 1.12. The minimum atomic E-state index is -0.392. The summed E-state index contributed by atoms with van der Waals surface area (Å²) in [6.07, 6.45) is 0.756. The van der Waals surface area contributed by atoms with E-state index in [2.05, 4.69) is 10.1 Å². The first-order chi connectivity index (χ1) is 8.70. The van der Waals surface area contributed by atoms with Gasteiger partial charge >= 0.3 is 5.97 Å². The number of methoxy groups -OCH3 is 1. The topological polar surface area (TPSA) is 64.6 Å². The van der Waals surface area contributed by atoms with Crippen LogP contribution in [0.1, 0.15) is 16.8 Å². The highest BCUT2D eigenvalue weighted by molar-refractivity contribution is 5.94. The summed E-state index contributed by atoms with van der Waals surface area (Å²) in [5.74, 6) is -0.513. The Hall–Kier alpha value is -1.88. The molecule has 96 valence electrons. The molecule has 1 aliphatic rings. The van der Waals surface area contributed by atoms with Crippen molar-refractivity contribution in [2.24, 2.45) is 5.92 Å². The van der Waals surface area contributed by atoms with E-state index in [9.17, 15) is 9.59 Å². The summed E-state index contributed by atoms with van der Waals surface area (Å²) < 4.78 is 9.75. The molecule has 1 aromatic carbocycles. The lowest BCUT2D eigenvalue weighted by Gasteiger charge is -2.09. The van der Waals surface area contributed by atoms with Crippen molar-refractivity contribution in [3.8, 4) is 0 Å². The number of carbonyl (C=O) groups is 2. The molecule has 0 bridgehead atoms. The molecule has 0 saturated carbocycles. The van der Waals surface area contributed by atoms with E-state index >= 15 is 0 Å². The van der Waals surface area contributed by atoms with Crippen LogP contribution in [0.5, 0.6) is 0 Å². The van der Waals surface area contributed by atoms with E-state index in [1.54, 1.807) is 24.3 Å². The molecule has 1 N–H and O–H groups in total. The first-order valence-electron chi connectivity index (χ1n) is 5.77. The number of carbonyl (C=O) groups excluding carboxylic acids is 2. The maximum Gasteiger partial charge on any atom is 0.337 e. The molecule has 2 rings (SSSR count). The van der Waals surface area contributed by atoms with Gasteiger partial charge in [-0.3, -0.25) is 4.79 Å². The van der Waals surface area contributed by atoms with Crippen molar-refractivity contribution in [1.82, 2.24) is 0 Å². The van der Waals surface area contributed by atoms with Crippen LogP contribution in [-0.2, 0) is 14.3 Å². The number of hydrogen-bond donors (Lipinski definition) is 1. The van der Waals surface area contributed by atoms with Gasteiger partial charge in [-0.2, -0.15) is 0 Å². The number of amides is 1. The van der Waals surface area contributed by atoms with Crippen LogP contribution in [0.15, 0.2) is 24.3 Å². The molecule has 0 spiro atoms. The van der Waals surface area contributed by atoms with Crippen molar-refractivity contribution in [3.05, 3.63) is 29.8 Å². The van der Waals surface area contributed by atoms with E-state index in [4.69, 9.17) is 4.74 Å². The Balaban J connectivity index is 1.97. The van der Waals surface area contributed by atoms with Crippen molar-refractivity contribution in [1.29, 1.82) is 0 Å². The average Bonchev–Trinajstić information content (AvgIpc) is 2.92. The smallest absolute Gasteiger partial charge is 0.337 e. The lowest BCUT2D eigenvalue weighted by Crippen LogP contribution is -2.22. The second-order valence-corrected chi connectivity index (χ2v) is 4.12. The fourth-order valence-corrected chi connectivity index (χ4v) is 1.79. The normalized spacial score (nSPS) is 18.4. The minimum absolute atomic E-state index is 0.0432. The van der Waals surface area contributed by atoms with Crippen LogP contribution in [-0.4, -0.2) is 32.2 Å². The summed E-state index contributed by atoms with van der Waals surface area (Å²) in [7, 11) is 1.33. The van der Waals surface area contributed by atoms with Crippen LogP contribution < -0.4 is 5.32 Å². The number of esters is 1. The highest BCUT2D eigenvalue weighted by Gasteiger charge is 2.23. The summed E-state index contributed by atoms with van der Waals surface area (Å²) in [5, 5.41) is 2.80. The van der Waals surface area contributed by atoms with Crippen molar-refractivity contribution in [2.45, 2.75) is 6.42 Å². The van der Waals surface area contributed by atoms with Crippen LogP contribution >= 0.6 is 0 Å². The van der Waals surface area contributed by atoms with Gasteiger partial charge in [-0.1, -0.05) is 0 Å². The summed E-state index contributed by atoms with van der Waals surface area (Å²) in [5.41, 5.74) is 1.12. The van der Waals surface area contributed by atoms with Crippen molar-refractivity contribution < 1.29 is 19.1 Å². The Labute approximate surface area is 105 Å². The predicted octanol–water partition coefficient (Wildman–Crippen LogP) is 1.45. The van der Waals surface area contributed by atoms with Gasteiger partial charge in [-0.05, 0) is 30.7 Å². The third-order valence-electron chi connectivity index (χ3n) is 2.87. The van der Waals surface area contributed by atoms with Crippen LogP contribution in [0.4, 0.5) is 5.69 Å². The average molecular weight is 249 g/mol. The van der Waals surface area contributed by atoms with Gasteiger partial charge < -0.3 is 14.8 Å². The van der Waals surface area contributed by atoms with Gasteiger partial charge in [-0.15, -0.1) is 0 Å². The van der Waals surface area contributed by atoms with Crippen LogP contribution in [0.3, 0.4) is 0 Å². The van der Waals surface area contributed by atoms with E-state index < -0.39 is 5.97 Å². The molecule has 1 heterocycles. The number of benzene rings is 1. The maximum absolute atomic E-state index is 11.8. The SMILES string of the molecule is COC(=O)c1ccc(NC(=O)C2CCOC2)cc1. The predicted molar refractivity (Wildman–Crippen MR) is 65.3 cm³/mol. The molecule has 1 atom stereocenters. The van der Waals surface area contributed by atoms with Crippen LogP contribution in [0.2, 0.25) is 0 Å². The Bertz CT molecular complexity index is 435. The van der Waals surface area contributed by atoms with Gasteiger partial charge in [0.05, 0.1) is 25.2 Å². The molecule has 5 heteroatoms. The molecule has 1 aromatic rings. The number of hydrogen-bond acceptors (Lipinski definition) is 4.